The molecule has 0 aromatic rings. The minimum absolute atomic E-state index is 0.163. The van der Waals surface area contributed by atoms with E-state index in [0.29, 0.717) is 6.54 Å². The number of nitrogens with one attached hydrogen (secondary N) is 1. The standard InChI is InChI=1S/C10H18F3N3O/c1-6-2-3-16(8(6)5-17)4-7(9(14)15)10(11,12)13/h6-8,17H,2-5H2,1H3,(H3,14,15). The number of amidine groups is 1. The second-order valence-corrected chi connectivity index (χ2v) is 4.56. The maximum absolute atomic E-state index is 12.6. The lowest BCUT2D eigenvalue weighted by Gasteiger charge is -2.29. The molecule has 0 radical (unpaired) electrons. The van der Waals surface area contributed by atoms with Crippen LogP contribution in [0.15, 0.2) is 0 Å². The molecular formula is C10H18F3N3O. The Bertz CT molecular complexity index is 282. The molecule has 1 rings (SSSR count). The number of hydrogen-bond acceptors (Lipinski definition) is 3. The first-order chi connectivity index (χ1) is 7.77. The number of alkyl halides is 3. The molecular weight excluding hydrogens is 235 g/mol. The van der Waals surface area contributed by atoms with E-state index in [1.807, 2.05) is 6.92 Å². The molecule has 0 bridgehead atoms. The molecule has 0 aromatic carbocycles. The zero-order valence-corrected chi connectivity index (χ0v) is 9.67. The van der Waals surface area contributed by atoms with Crippen LogP contribution in [0.3, 0.4) is 0 Å². The van der Waals surface area contributed by atoms with Gasteiger partial charge in [-0.15, -0.1) is 0 Å². The van der Waals surface area contributed by atoms with Crippen LogP contribution >= 0.6 is 0 Å². The first-order valence-corrected chi connectivity index (χ1v) is 5.53. The molecule has 0 amide bonds. The summed E-state index contributed by atoms with van der Waals surface area (Å²) in [6, 6.07) is -0.265. The lowest BCUT2D eigenvalue weighted by Crippen LogP contribution is -2.46. The number of rotatable bonds is 4. The SMILES string of the molecule is CC1CCN(CC(C(=N)N)C(F)(F)F)C1CO. The van der Waals surface area contributed by atoms with Gasteiger partial charge in [0, 0.05) is 12.6 Å². The van der Waals surface area contributed by atoms with Crippen molar-refractivity contribution in [3.05, 3.63) is 0 Å². The molecule has 0 saturated carbocycles. The number of aliphatic hydroxyl groups excluding tert-OH is 1. The zero-order valence-electron chi connectivity index (χ0n) is 9.67. The van der Waals surface area contributed by atoms with Crippen LogP contribution in [0.4, 0.5) is 13.2 Å². The molecule has 1 heterocycles. The van der Waals surface area contributed by atoms with Crippen LogP contribution in [0.25, 0.3) is 0 Å². The van der Waals surface area contributed by atoms with E-state index >= 15 is 0 Å². The van der Waals surface area contributed by atoms with Crippen molar-refractivity contribution in [3.8, 4) is 0 Å². The Hall–Kier alpha value is -0.820. The van der Waals surface area contributed by atoms with Gasteiger partial charge in [0.25, 0.3) is 0 Å². The van der Waals surface area contributed by atoms with Gasteiger partial charge in [-0.1, -0.05) is 6.92 Å². The van der Waals surface area contributed by atoms with E-state index in [0.717, 1.165) is 6.42 Å². The number of halogens is 3. The summed E-state index contributed by atoms with van der Waals surface area (Å²) >= 11 is 0. The van der Waals surface area contributed by atoms with Crippen molar-refractivity contribution in [3.63, 3.8) is 0 Å². The summed E-state index contributed by atoms with van der Waals surface area (Å²) in [5.74, 6) is -2.64. The van der Waals surface area contributed by atoms with Crippen LogP contribution in [0.2, 0.25) is 0 Å². The molecule has 0 spiro atoms. The second kappa shape index (κ2) is 5.22. The molecule has 1 saturated heterocycles. The maximum Gasteiger partial charge on any atom is 0.399 e. The van der Waals surface area contributed by atoms with E-state index in [-0.39, 0.29) is 25.1 Å². The fourth-order valence-electron chi connectivity index (χ4n) is 2.22. The Morgan fingerprint density at radius 1 is 1.59 bits per heavy atom. The monoisotopic (exact) mass is 253 g/mol. The average Bonchev–Trinajstić information content (AvgIpc) is 2.53. The van der Waals surface area contributed by atoms with Crippen LogP contribution in [0.5, 0.6) is 0 Å². The molecule has 100 valence electrons. The zero-order chi connectivity index (χ0) is 13.2. The third-order valence-corrected chi connectivity index (χ3v) is 3.37. The van der Waals surface area contributed by atoms with Crippen molar-refractivity contribution >= 4 is 5.84 Å². The molecule has 3 atom stereocenters. The quantitative estimate of drug-likeness (QED) is 0.512. The highest BCUT2D eigenvalue weighted by molar-refractivity contribution is 5.80. The lowest BCUT2D eigenvalue weighted by molar-refractivity contribution is -0.161. The second-order valence-electron chi connectivity index (χ2n) is 4.56. The highest BCUT2D eigenvalue weighted by Crippen LogP contribution is 2.31. The van der Waals surface area contributed by atoms with Crippen molar-refractivity contribution in [1.29, 1.82) is 5.41 Å². The molecule has 3 unspecified atom stereocenters. The van der Waals surface area contributed by atoms with Gasteiger partial charge in [-0.25, -0.2) is 0 Å². The summed E-state index contributed by atoms with van der Waals surface area (Å²) in [5, 5.41) is 16.2. The van der Waals surface area contributed by atoms with Gasteiger partial charge >= 0.3 is 6.18 Å². The number of hydrogen-bond donors (Lipinski definition) is 3. The summed E-state index contributed by atoms with van der Waals surface area (Å²) in [4.78, 5) is 1.57. The Morgan fingerprint density at radius 3 is 2.59 bits per heavy atom. The van der Waals surface area contributed by atoms with E-state index < -0.39 is 17.9 Å². The van der Waals surface area contributed by atoms with Crippen LogP contribution in [0, 0.1) is 17.2 Å². The summed E-state index contributed by atoms with van der Waals surface area (Å²) in [6.45, 7) is 1.90. The first-order valence-electron chi connectivity index (χ1n) is 5.53. The molecule has 0 aliphatic carbocycles. The maximum atomic E-state index is 12.6. The number of nitrogens with two attached hydrogens (primary N) is 1. The molecule has 0 aromatic heterocycles. The highest BCUT2D eigenvalue weighted by Gasteiger charge is 2.44. The summed E-state index contributed by atoms with van der Waals surface area (Å²) in [5.41, 5.74) is 5.00. The van der Waals surface area contributed by atoms with Crippen LogP contribution in [-0.2, 0) is 0 Å². The smallest absolute Gasteiger partial charge is 0.395 e. The first kappa shape index (κ1) is 14.2. The van der Waals surface area contributed by atoms with Crippen molar-refractivity contribution in [2.45, 2.75) is 25.6 Å². The van der Waals surface area contributed by atoms with Gasteiger partial charge in [0.05, 0.1) is 6.61 Å². The topological polar surface area (TPSA) is 73.3 Å². The summed E-state index contributed by atoms with van der Waals surface area (Å²) < 4.78 is 37.9. The minimum Gasteiger partial charge on any atom is -0.395 e. The number of nitrogens with zero attached hydrogens (tertiary/aromatic N) is 1. The third kappa shape index (κ3) is 3.32. The number of likely N-dealkylation sites (tertiary alicyclic amines) is 1. The van der Waals surface area contributed by atoms with Crippen LogP contribution in [-0.4, -0.2) is 47.8 Å². The Labute approximate surface area is 98.1 Å². The molecule has 17 heavy (non-hydrogen) atoms. The van der Waals surface area contributed by atoms with Gasteiger partial charge in [0.1, 0.15) is 11.8 Å². The van der Waals surface area contributed by atoms with E-state index in [4.69, 9.17) is 16.2 Å². The Kier molecular flexibility index (Phi) is 4.37. The van der Waals surface area contributed by atoms with E-state index in [1.54, 1.807) is 4.90 Å². The predicted molar refractivity (Wildman–Crippen MR) is 57.7 cm³/mol. The van der Waals surface area contributed by atoms with Crippen molar-refractivity contribution < 1.29 is 18.3 Å². The average molecular weight is 253 g/mol. The van der Waals surface area contributed by atoms with Gasteiger partial charge < -0.3 is 10.8 Å². The molecule has 1 aliphatic rings. The fourth-order valence-corrected chi connectivity index (χ4v) is 2.22. The normalized spacial score (nSPS) is 28.3. The summed E-state index contributed by atoms with van der Waals surface area (Å²) in [6.07, 6.45) is -3.74. The molecule has 4 nitrogen and oxygen atoms in total. The van der Waals surface area contributed by atoms with Gasteiger partial charge in [-0.2, -0.15) is 13.2 Å². The summed E-state index contributed by atoms with van der Waals surface area (Å²) in [7, 11) is 0. The van der Waals surface area contributed by atoms with Crippen molar-refractivity contribution in [2.24, 2.45) is 17.6 Å². The van der Waals surface area contributed by atoms with Gasteiger partial charge in [-0.3, -0.25) is 10.3 Å². The largest absolute Gasteiger partial charge is 0.399 e. The molecule has 4 N–H and O–H groups in total. The van der Waals surface area contributed by atoms with Gasteiger partial charge in [0.15, 0.2) is 0 Å². The Balaban J connectivity index is 2.71. The van der Waals surface area contributed by atoms with E-state index in [9.17, 15) is 13.2 Å². The van der Waals surface area contributed by atoms with E-state index in [1.165, 1.54) is 0 Å². The van der Waals surface area contributed by atoms with Gasteiger partial charge in [-0.05, 0) is 18.9 Å². The van der Waals surface area contributed by atoms with Crippen LogP contribution < -0.4 is 5.73 Å². The highest BCUT2D eigenvalue weighted by atomic mass is 19.4. The van der Waals surface area contributed by atoms with Crippen LogP contribution in [0.1, 0.15) is 13.3 Å². The predicted octanol–water partition coefficient (Wildman–Crippen LogP) is 0.804. The number of aliphatic hydroxyl groups is 1. The Morgan fingerprint density at radius 2 is 2.18 bits per heavy atom. The molecule has 7 heteroatoms. The lowest BCUT2D eigenvalue weighted by atomic mass is 10.0. The fraction of sp³-hybridized carbons (Fsp3) is 0.900. The van der Waals surface area contributed by atoms with Crippen molar-refractivity contribution in [2.75, 3.05) is 19.7 Å². The van der Waals surface area contributed by atoms with Crippen molar-refractivity contribution in [1.82, 2.24) is 4.90 Å². The van der Waals surface area contributed by atoms with Gasteiger partial charge in [0.2, 0.25) is 0 Å². The molecule has 1 fully saturated rings. The third-order valence-electron chi connectivity index (χ3n) is 3.37. The van der Waals surface area contributed by atoms with E-state index in [2.05, 4.69) is 0 Å². The molecule has 1 aliphatic heterocycles. The minimum atomic E-state index is -4.50.